The van der Waals surface area contributed by atoms with Crippen molar-refractivity contribution in [3.8, 4) is 5.75 Å². The van der Waals surface area contributed by atoms with Crippen LogP contribution in [0.2, 0.25) is 0 Å². The molecule has 0 atom stereocenters. The molecule has 1 aromatic rings. The monoisotopic (exact) mass is 309 g/mol. The Kier molecular flexibility index (Phi) is 5.77. The number of hydrogen-bond donors (Lipinski definition) is 1. The van der Waals surface area contributed by atoms with Crippen LogP contribution in [-0.2, 0) is 6.42 Å². The molecule has 0 radical (unpaired) electrons. The van der Waals surface area contributed by atoms with Crippen molar-refractivity contribution in [3.63, 3.8) is 0 Å². The maximum absolute atomic E-state index is 12.4. The van der Waals surface area contributed by atoms with E-state index in [0.29, 0.717) is 6.54 Å². The Bertz CT molecular complexity index is 441. The van der Waals surface area contributed by atoms with Crippen molar-refractivity contribution in [2.75, 3.05) is 25.3 Å². The highest BCUT2D eigenvalue weighted by atomic mass is 32.3. The number of rotatable bonds is 6. The molecule has 0 unspecified atom stereocenters. The summed E-state index contributed by atoms with van der Waals surface area (Å²) < 4.78 is 41.2. The van der Waals surface area contributed by atoms with Crippen LogP contribution in [0.3, 0.4) is 0 Å². The molecule has 1 rings (SSSR count). The quantitative estimate of drug-likeness (QED) is 0.808. The molecule has 0 heterocycles. The number of nitrogens with two attached hydrogens (primary N) is 1. The summed E-state index contributed by atoms with van der Waals surface area (Å²) in [5, 5.41) is 0. The average molecular weight is 309 g/mol. The highest BCUT2D eigenvalue weighted by Gasteiger charge is 2.31. The van der Waals surface area contributed by atoms with Gasteiger partial charge in [0.1, 0.15) is 5.75 Å². The van der Waals surface area contributed by atoms with E-state index in [2.05, 4.69) is 4.74 Å². The zero-order chi connectivity index (χ0) is 15.4. The van der Waals surface area contributed by atoms with Crippen LogP contribution in [0, 0.1) is 0 Å². The maximum Gasteiger partial charge on any atom is 0.573 e. The maximum atomic E-state index is 12.4. The zero-order valence-electron chi connectivity index (χ0n) is 12.1. The van der Waals surface area contributed by atoms with E-state index in [1.165, 1.54) is 12.1 Å². The molecule has 2 N–H and O–H groups in total. The van der Waals surface area contributed by atoms with Crippen molar-refractivity contribution in [1.29, 1.82) is 0 Å². The van der Waals surface area contributed by atoms with Crippen molar-refractivity contribution < 1.29 is 17.9 Å². The second-order valence-corrected chi connectivity index (χ2v) is 9.59. The Morgan fingerprint density at radius 2 is 1.75 bits per heavy atom. The van der Waals surface area contributed by atoms with E-state index in [1.54, 1.807) is 0 Å². The molecule has 0 spiro atoms. The van der Waals surface area contributed by atoms with Gasteiger partial charge in [-0.3, -0.25) is 0 Å². The molecular weight excluding hydrogens is 287 g/mol. The first kappa shape index (κ1) is 17.2. The summed E-state index contributed by atoms with van der Waals surface area (Å²) in [6, 6.07) is 4.95. The Morgan fingerprint density at radius 1 is 1.10 bits per heavy atom. The molecular formula is C14H22F3NOS. The van der Waals surface area contributed by atoms with Crippen LogP contribution >= 0.6 is 10.0 Å². The van der Waals surface area contributed by atoms with Gasteiger partial charge in [0.2, 0.25) is 0 Å². The summed E-state index contributed by atoms with van der Waals surface area (Å²) in [5.74, 6) is -0.125. The van der Waals surface area contributed by atoms with Gasteiger partial charge in [-0.2, -0.15) is 0 Å². The molecule has 2 nitrogen and oxygen atoms in total. The number of alkyl halides is 3. The standard InChI is InChI=1S/C14H22F3NOS/c1-20(2,3)13-9-11(6-4-5-7-18)8-12(10-13)19-14(15,16)17/h8-10H,4-7,18H2,1-3H3. The molecule has 0 fully saturated rings. The molecule has 0 amide bonds. The van der Waals surface area contributed by atoms with Crippen LogP contribution in [0.4, 0.5) is 13.2 Å². The minimum atomic E-state index is -4.65. The number of ether oxygens (including phenoxy) is 1. The molecule has 20 heavy (non-hydrogen) atoms. The van der Waals surface area contributed by atoms with Crippen LogP contribution in [0.1, 0.15) is 18.4 Å². The predicted octanol–water partition coefficient (Wildman–Crippen LogP) is 3.92. The molecule has 0 aliphatic rings. The minimum absolute atomic E-state index is 0.125. The SMILES string of the molecule is CS(C)(C)c1cc(CCCCN)cc(OC(F)(F)F)c1. The largest absolute Gasteiger partial charge is 0.573 e. The fourth-order valence-electron chi connectivity index (χ4n) is 1.79. The lowest BCUT2D eigenvalue weighted by Crippen LogP contribution is -2.17. The van der Waals surface area contributed by atoms with E-state index in [-0.39, 0.29) is 5.75 Å². The summed E-state index contributed by atoms with van der Waals surface area (Å²) in [5.41, 5.74) is 6.31. The summed E-state index contributed by atoms with van der Waals surface area (Å²) >= 11 is 0. The van der Waals surface area contributed by atoms with Crippen LogP contribution in [0.25, 0.3) is 0 Å². The van der Waals surface area contributed by atoms with Crippen LogP contribution in [0.15, 0.2) is 23.1 Å². The smallest absolute Gasteiger partial charge is 0.406 e. The third-order valence-electron chi connectivity index (χ3n) is 2.80. The van der Waals surface area contributed by atoms with Gasteiger partial charge in [-0.15, -0.1) is 13.2 Å². The van der Waals surface area contributed by atoms with Gasteiger partial charge in [-0.05, 0) is 73.2 Å². The Hall–Kier alpha value is -0.880. The predicted molar refractivity (Wildman–Crippen MR) is 78.7 cm³/mol. The summed E-state index contributed by atoms with van der Waals surface area (Å²) in [4.78, 5) is 0.919. The molecule has 116 valence electrons. The lowest BCUT2D eigenvalue weighted by atomic mass is 10.1. The van der Waals surface area contributed by atoms with Crippen LogP contribution in [-0.4, -0.2) is 31.7 Å². The topological polar surface area (TPSA) is 35.2 Å². The van der Waals surface area contributed by atoms with Gasteiger partial charge in [0, 0.05) is 0 Å². The van der Waals surface area contributed by atoms with E-state index in [9.17, 15) is 13.2 Å². The lowest BCUT2D eigenvalue weighted by molar-refractivity contribution is -0.274. The fraction of sp³-hybridized carbons (Fsp3) is 0.571. The molecule has 1 aromatic carbocycles. The lowest BCUT2D eigenvalue weighted by Gasteiger charge is -2.27. The number of halogens is 3. The summed E-state index contributed by atoms with van der Waals surface area (Å²) in [6.45, 7) is 0.593. The molecule has 0 saturated carbocycles. The first-order valence-electron chi connectivity index (χ1n) is 6.40. The summed E-state index contributed by atoms with van der Waals surface area (Å²) in [7, 11) is -1.11. The first-order valence-corrected chi connectivity index (χ1v) is 9.26. The Morgan fingerprint density at radius 3 is 2.25 bits per heavy atom. The normalized spacial score (nSPS) is 13.3. The molecule has 0 aliphatic heterocycles. The van der Waals surface area contributed by atoms with Crippen molar-refractivity contribution in [2.24, 2.45) is 5.73 Å². The van der Waals surface area contributed by atoms with Gasteiger partial charge in [-0.1, -0.05) is 0 Å². The first-order chi connectivity index (χ1) is 9.12. The van der Waals surface area contributed by atoms with Gasteiger partial charge in [-0.25, -0.2) is 10.0 Å². The Balaban J connectivity index is 3.02. The molecule has 0 saturated heterocycles. The number of aryl methyl sites for hydroxylation is 1. The van der Waals surface area contributed by atoms with Crippen LogP contribution < -0.4 is 10.5 Å². The van der Waals surface area contributed by atoms with Gasteiger partial charge >= 0.3 is 6.36 Å². The van der Waals surface area contributed by atoms with Gasteiger partial charge in [0.25, 0.3) is 0 Å². The van der Waals surface area contributed by atoms with Gasteiger partial charge in [0.05, 0.1) is 0 Å². The van der Waals surface area contributed by atoms with E-state index in [1.807, 2.05) is 24.8 Å². The van der Waals surface area contributed by atoms with Crippen molar-refractivity contribution in [3.05, 3.63) is 23.8 Å². The highest BCUT2D eigenvalue weighted by Crippen LogP contribution is 2.47. The molecule has 0 bridgehead atoms. The third-order valence-corrected chi connectivity index (χ3v) is 4.45. The minimum Gasteiger partial charge on any atom is -0.406 e. The van der Waals surface area contributed by atoms with Crippen LogP contribution in [0.5, 0.6) is 5.75 Å². The van der Waals surface area contributed by atoms with E-state index in [4.69, 9.17) is 5.73 Å². The second kappa shape index (κ2) is 6.72. The van der Waals surface area contributed by atoms with E-state index < -0.39 is 16.4 Å². The number of benzene rings is 1. The fourth-order valence-corrected chi connectivity index (χ4v) is 2.77. The molecule has 6 heteroatoms. The average Bonchev–Trinajstić information content (AvgIpc) is 2.25. The van der Waals surface area contributed by atoms with Crippen molar-refractivity contribution in [1.82, 2.24) is 0 Å². The van der Waals surface area contributed by atoms with Crippen molar-refractivity contribution in [2.45, 2.75) is 30.5 Å². The summed E-state index contributed by atoms with van der Waals surface area (Å²) in [6.07, 6.45) is 3.93. The van der Waals surface area contributed by atoms with Gasteiger partial charge < -0.3 is 10.5 Å². The van der Waals surface area contributed by atoms with E-state index >= 15 is 0 Å². The highest BCUT2D eigenvalue weighted by molar-refractivity contribution is 8.32. The molecule has 0 aromatic heterocycles. The Labute approximate surface area is 119 Å². The second-order valence-electron chi connectivity index (χ2n) is 5.44. The zero-order valence-corrected chi connectivity index (χ0v) is 12.9. The van der Waals surface area contributed by atoms with Gasteiger partial charge in [0.15, 0.2) is 0 Å². The third kappa shape index (κ3) is 6.05. The number of hydrogen-bond acceptors (Lipinski definition) is 2. The molecule has 0 aliphatic carbocycles. The number of unbranched alkanes of at least 4 members (excludes halogenated alkanes) is 1. The van der Waals surface area contributed by atoms with Crippen molar-refractivity contribution >= 4 is 10.0 Å². The van der Waals surface area contributed by atoms with E-state index in [0.717, 1.165) is 29.7 Å².